The molecule has 1 unspecified atom stereocenters. The van der Waals surface area contributed by atoms with Gasteiger partial charge in [-0.2, -0.15) is 0 Å². The number of amides is 1. The quantitative estimate of drug-likeness (QED) is 0.762. The van der Waals surface area contributed by atoms with Crippen LogP contribution in [0.2, 0.25) is 0 Å². The Morgan fingerprint density at radius 3 is 2.83 bits per heavy atom. The summed E-state index contributed by atoms with van der Waals surface area (Å²) in [6.07, 6.45) is 0.702. The van der Waals surface area contributed by atoms with Gasteiger partial charge in [-0.3, -0.25) is 4.79 Å². The summed E-state index contributed by atoms with van der Waals surface area (Å²) in [6, 6.07) is 9.88. The fourth-order valence-electron chi connectivity index (χ4n) is 1.92. The monoisotopic (exact) mass is 355 g/mol. The largest absolute Gasteiger partial charge is 0.375 e. The number of nitrogens with one attached hydrogen (secondary N) is 1. The van der Waals surface area contributed by atoms with Crippen LogP contribution in [-0.4, -0.2) is 30.1 Å². The molecule has 1 atom stereocenters. The molecule has 7 heteroatoms. The molecule has 5 nitrogen and oxygen atoms in total. The van der Waals surface area contributed by atoms with E-state index in [1.54, 1.807) is 5.38 Å². The summed E-state index contributed by atoms with van der Waals surface area (Å²) in [6.45, 7) is 3.45. The van der Waals surface area contributed by atoms with Crippen molar-refractivity contribution in [1.29, 1.82) is 0 Å². The third-order valence-corrected chi connectivity index (χ3v) is 3.91. The molecule has 0 saturated carbocycles. The van der Waals surface area contributed by atoms with Gasteiger partial charge in [-0.1, -0.05) is 30.3 Å². The molecule has 0 aliphatic carbocycles. The molecule has 23 heavy (non-hydrogen) atoms. The van der Waals surface area contributed by atoms with E-state index in [9.17, 15) is 4.79 Å². The lowest BCUT2D eigenvalue weighted by Gasteiger charge is -2.13. The molecule has 0 aliphatic rings. The number of carbonyl (C=O) groups excluding carboxylic acids is 1. The number of aromatic nitrogens is 1. The van der Waals surface area contributed by atoms with Crippen LogP contribution in [0.15, 0.2) is 35.7 Å². The SMILES string of the molecule is CC(COCc1ccccc1)NC(=O)c1csc(CCN)n1.Cl. The van der Waals surface area contributed by atoms with E-state index in [1.165, 1.54) is 11.3 Å². The van der Waals surface area contributed by atoms with Crippen LogP contribution in [0.25, 0.3) is 0 Å². The molecule has 0 fully saturated rings. The zero-order chi connectivity index (χ0) is 15.8. The predicted molar refractivity (Wildman–Crippen MR) is 95.1 cm³/mol. The molecular weight excluding hydrogens is 334 g/mol. The average molecular weight is 356 g/mol. The van der Waals surface area contributed by atoms with Crippen LogP contribution in [0.3, 0.4) is 0 Å². The number of ether oxygens (including phenoxy) is 1. The average Bonchev–Trinajstić information content (AvgIpc) is 2.97. The van der Waals surface area contributed by atoms with Gasteiger partial charge in [0.05, 0.1) is 18.2 Å². The number of thiazole rings is 1. The summed E-state index contributed by atoms with van der Waals surface area (Å²) in [5.41, 5.74) is 7.04. The van der Waals surface area contributed by atoms with Crippen LogP contribution in [0.1, 0.15) is 28.0 Å². The van der Waals surface area contributed by atoms with Crippen molar-refractivity contribution in [2.45, 2.75) is 26.0 Å². The van der Waals surface area contributed by atoms with Gasteiger partial charge in [0.1, 0.15) is 5.69 Å². The number of benzene rings is 1. The van der Waals surface area contributed by atoms with Crippen molar-refractivity contribution < 1.29 is 9.53 Å². The van der Waals surface area contributed by atoms with Crippen molar-refractivity contribution in [3.05, 3.63) is 52.0 Å². The standard InChI is InChI=1S/C16H21N3O2S.ClH/c1-12(9-21-10-13-5-3-2-4-6-13)18-16(20)14-11-22-15(19-14)7-8-17;/h2-6,11-12H,7-10,17H2,1H3,(H,18,20);1H. The maximum atomic E-state index is 12.1. The Morgan fingerprint density at radius 2 is 2.13 bits per heavy atom. The first-order chi connectivity index (χ1) is 10.7. The van der Waals surface area contributed by atoms with Crippen molar-refractivity contribution in [3.8, 4) is 0 Å². The van der Waals surface area contributed by atoms with Crippen molar-refractivity contribution >= 4 is 29.7 Å². The zero-order valence-electron chi connectivity index (χ0n) is 13.0. The van der Waals surface area contributed by atoms with E-state index in [0.717, 1.165) is 10.6 Å². The first kappa shape index (κ1) is 19.6. The minimum Gasteiger partial charge on any atom is -0.375 e. The molecule has 0 bridgehead atoms. The van der Waals surface area contributed by atoms with Crippen molar-refractivity contribution in [3.63, 3.8) is 0 Å². The first-order valence-corrected chi connectivity index (χ1v) is 8.14. The van der Waals surface area contributed by atoms with E-state index in [1.807, 2.05) is 37.3 Å². The third-order valence-electron chi connectivity index (χ3n) is 3.00. The van der Waals surface area contributed by atoms with Gasteiger partial charge in [0, 0.05) is 17.8 Å². The second-order valence-electron chi connectivity index (χ2n) is 5.04. The summed E-state index contributed by atoms with van der Waals surface area (Å²) in [7, 11) is 0. The van der Waals surface area contributed by atoms with Crippen molar-refractivity contribution in [1.82, 2.24) is 10.3 Å². The molecule has 2 aromatic rings. The van der Waals surface area contributed by atoms with Gasteiger partial charge in [0.25, 0.3) is 5.91 Å². The summed E-state index contributed by atoms with van der Waals surface area (Å²) >= 11 is 1.46. The molecule has 0 spiro atoms. The molecule has 0 radical (unpaired) electrons. The third kappa shape index (κ3) is 6.66. The minimum absolute atomic E-state index is 0. The molecular formula is C16H22ClN3O2S. The van der Waals surface area contributed by atoms with E-state index in [0.29, 0.717) is 31.9 Å². The molecule has 2 rings (SSSR count). The highest BCUT2D eigenvalue weighted by molar-refractivity contribution is 7.09. The Hall–Kier alpha value is -1.47. The van der Waals surface area contributed by atoms with Gasteiger partial charge < -0.3 is 15.8 Å². The summed E-state index contributed by atoms with van der Waals surface area (Å²) in [4.78, 5) is 16.3. The molecule has 1 heterocycles. The Morgan fingerprint density at radius 1 is 1.39 bits per heavy atom. The first-order valence-electron chi connectivity index (χ1n) is 7.26. The maximum Gasteiger partial charge on any atom is 0.271 e. The van der Waals surface area contributed by atoms with E-state index in [2.05, 4.69) is 10.3 Å². The molecule has 1 amide bonds. The molecule has 0 saturated heterocycles. The zero-order valence-corrected chi connectivity index (χ0v) is 14.7. The normalized spacial score (nSPS) is 11.6. The highest BCUT2D eigenvalue weighted by Crippen LogP contribution is 2.10. The van der Waals surface area contributed by atoms with Gasteiger partial charge >= 0.3 is 0 Å². The number of nitrogens with two attached hydrogens (primary N) is 1. The van der Waals surface area contributed by atoms with E-state index in [-0.39, 0.29) is 24.4 Å². The number of rotatable bonds is 8. The number of hydrogen-bond donors (Lipinski definition) is 2. The van der Waals surface area contributed by atoms with Gasteiger partial charge in [-0.15, -0.1) is 23.7 Å². The number of nitrogens with zero attached hydrogens (tertiary/aromatic N) is 1. The summed E-state index contributed by atoms with van der Waals surface area (Å²) in [5.74, 6) is -0.171. The van der Waals surface area contributed by atoms with Crippen LogP contribution < -0.4 is 11.1 Å². The van der Waals surface area contributed by atoms with Crippen LogP contribution in [0, 0.1) is 0 Å². The van der Waals surface area contributed by atoms with E-state index < -0.39 is 0 Å². The molecule has 126 valence electrons. The highest BCUT2D eigenvalue weighted by Gasteiger charge is 2.13. The summed E-state index contributed by atoms with van der Waals surface area (Å²) in [5, 5.41) is 5.54. The number of hydrogen-bond acceptors (Lipinski definition) is 5. The second kappa shape index (κ2) is 10.3. The Labute approximate surface area is 146 Å². The van der Waals surface area contributed by atoms with Gasteiger partial charge in [0.2, 0.25) is 0 Å². The smallest absolute Gasteiger partial charge is 0.271 e. The topological polar surface area (TPSA) is 77.2 Å². The van der Waals surface area contributed by atoms with E-state index in [4.69, 9.17) is 10.5 Å². The Bertz CT molecular complexity index is 592. The maximum absolute atomic E-state index is 12.1. The lowest BCUT2D eigenvalue weighted by Crippen LogP contribution is -2.36. The van der Waals surface area contributed by atoms with Gasteiger partial charge in [0.15, 0.2) is 0 Å². The number of halogens is 1. The Kier molecular flexibility index (Phi) is 8.79. The van der Waals surface area contributed by atoms with Crippen LogP contribution in [0.4, 0.5) is 0 Å². The molecule has 1 aromatic heterocycles. The van der Waals surface area contributed by atoms with Crippen LogP contribution >= 0.6 is 23.7 Å². The minimum atomic E-state index is -0.171. The predicted octanol–water partition coefficient (Wildman–Crippen LogP) is 2.40. The van der Waals surface area contributed by atoms with Crippen molar-refractivity contribution in [2.24, 2.45) is 5.73 Å². The Balaban J connectivity index is 0.00000264. The van der Waals surface area contributed by atoms with Gasteiger partial charge in [-0.05, 0) is 19.0 Å². The van der Waals surface area contributed by atoms with Gasteiger partial charge in [-0.25, -0.2) is 4.98 Å². The lowest BCUT2D eigenvalue weighted by atomic mass is 10.2. The van der Waals surface area contributed by atoms with Crippen LogP contribution in [0.5, 0.6) is 0 Å². The second-order valence-corrected chi connectivity index (χ2v) is 5.98. The summed E-state index contributed by atoms with van der Waals surface area (Å²) < 4.78 is 5.61. The number of carbonyl (C=O) groups is 1. The molecule has 0 aliphatic heterocycles. The lowest BCUT2D eigenvalue weighted by molar-refractivity contribution is 0.0817. The fourth-order valence-corrected chi connectivity index (χ4v) is 2.71. The molecule has 3 N–H and O–H groups in total. The van der Waals surface area contributed by atoms with E-state index >= 15 is 0 Å². The van der Waals surface area contributed by atoms with Crippen LogP contribution in [-0.2, 0) is 17.8 Å². The highest BCUT2D eigenvalue weighted by atomic mass is 35.5. The fraction of sp³-hybridized carbons (Fsp3) is 0.375. The molecule has 1 aromatic carbocycles. The van der Waals surface area contributed by atoms with Crippen molar-refractivity contribution in [2.75, 3.05) is 13.2 Å².